The van der Waals surface area contributed by atoms with E-state index in [0.29, 0.717) is 11.9 Å². The summed E-state index contributed by atoms with van der Waals surface area (Å²) in [7, 11) is 2.09. The number of rotatable bonds is 4. The second-order valence-electron chi connectivity index (χ2n) is 7.56. The second kappa shape index (κ2) is 6.84. The van der Waals surface area contributed by atoms with Crippen molar-refractivity contribution in [3.05, 3.63) is 17.5 Å². The molecule has 0 aromatic carbocycles. The van der Waals surface area contributed by atoms with E-state index < -0.39 is 0 Å². The highest BCUT2D eigenvalue weighted by atomic mass is 16.2. The summed E-state index contributed by atoms with van der Waals surface area (Å²) >= 11 is 0. The molecule has 1 aromatic heterocycles. The van der Waals surface area contributed by atoms with Crippen LogP contribution in [-0.4, -0.2) is 57.7 Å². The largest absolute Gasteiger partial charge is 0.338 e. The van der Waals surface area contributed by atoms with Gasteiger partial charge in [0.05, 0.1) is 24.5 Å². The molecule has 3 aliphatic rings. The third-order valence-electron chi connectivity index (χ3n) is 6.01. The van der Waals surface area contributed by atoms with Gasteiger partial charge in [-0.2, -0.15) is 5.10 Å². The van der Waals surface area contributed by atoms with Crippen LogP contribution in [0.1, 0.15) is 49.8 Å². The number of nitrogens with one attached hydrogen (secondary N) is 1. The van der Waals surface area contributed by atoms with Crippen LogP contribution in [-0.2, 0) is 24.4 Å². The number of hydrogen-bond donors (Lipinski definition) is 1. The van der Waals surface area contributed by atoms with Crippen molar-refractivity contribution in [2.75, 3.05) is 20.1 Å². The molecule has 1 amide bonds. The molecule has 1 unspecified atom stereocenters. The topological polar surface area (TPSA) is 53.4 Å². The number of fused-ring (bicyclic) bond motifs is 1. The molecule has 0 bridgehead atoms. The normalized spacial score (nSPS) is 25.5. The molecule has 3 heterocycles. The predicted octanol–water partition coefficient (Wildman–Crippen LogP) is 1.35. The maximum atomic E-state index is 12.9. The Hall–Kier alpha value is -1.40. The fraction of sp³-hybridized carbons (Fsp3) is 0.778. The lowest BCUT2D eigenvalue weighted by molar-refractivity contribution is -0.134. The van der Waals surface area contributed by atoms with Gasteiger partial charge in [-0.05, 0) is 26.3 Å². The number of nitrogens with zero attached hydrogens (tertiary/aromatic N) is 4. The molecule has 1 saturated heterocycles. The lowest BCUT2D eigenvalue weighted by Gasteiger charge is -2.32. The summed E-state index contributed by atoms with van der Waals surface area (Å²) in [6.07, 6.45) is 9.25. The van der Waals surface area contributed by atoms with Crippen LogP contribution < -0.4 is 5.32 Å². The summed E-state index contributed by atoms with van der Waals surface area (Å²) in [5.41, 5.74) is 2.54. The minimum absolute atomic E-state index is 0.0408. The molecule has 2 aliphatic heterocycles. The average Bonchev–Trinajstić information content (AvgIpc) is 3.20. The van der Waals surface area contributed by atoms with Crippen LogP contribution >= 0.6 is 0 Å². The van der Waals surface area contributed by atoms with Gasteiger partial charge in [0.1, 0.15) is 0 Å². The molecule has 2 fully saturated rings. The first-order valence-electron chi connectivity index (χ1n) is 9.49. The Labute approximate surface area is 144 Å². The maximum Gasteiger partial charge on any atom is 0.240 e. The molecule has 0 spiro atoms. The zero-order chi connectivity index (χ0) is 16.5. The van der Waals surface area contributed by atoms with Crippen LogP contribution in [0, 0.1) is 0 Å². The van der Waals surface area contributed by atoms with Crippen molar-refractivity contribution in [3.63, 3.8) is 0 Å². The first-order valence-corrected chi connectivity index (χ1v) is 9.49. The van der Waals surface area contributed by atoms with Crippen LogP contribution in [0.3, 0.4) is 0 Å². The zero-order valence-corrected chi connectivity index (χ0v) is 14.7. The van der Waals surface area contributed by atoms with E-state index in [4.69, 9.17) is 0 Å². The predicted molar refractivity (Wildman–Crippen MR) is 92.4 cm³/mol. The van der Waals surface area contributed by atoms with Crippen LogP contribution in [0.2, 0.25) is 0 Å². The number of aromatic nitrogens is 2. The molecule has 1 atom stereocenters. The van der Waals surface area contributed by atoms with Crippen LogP contribution in [0.25, 0.3) is 0 Å². The summed E-state index contributed by atoms with van der Waals surface area (Å²) in [5.74, 6) is 0.351. The van der Waals surface area contributed by atoms with E-state index in [1.807, 2.05) is 6.20 Å². The van der Waals surface area contributed by atoms with Gasteiger partial charge in [0.2, 0.25) is 5.91 Å². The van der Waals surface area contributed by atoms with Crippen molar-refractivity contribution in [2.45, 2.75) is 70.2 Å². The number of carbonyl (C=O) groups is 1. The van der Waals surface area contributed by atoms with Gasteiger partial charge >= 0.3 is 0 Å². The van der Waals surface area contributed by atoms with Gasteiger partial charge in [-0.25, -0.2) is 0 Å². The summed E-state index contributed by atoms with van der Waals surface area (Å²) < 4.78 is 2.10. The quantitative estimate of drug-likeness (QED) is 0.905. The third-order valence-corrected chi connectivity index (χ3v) is 6.01. The molecule has 132 valence electrons. The Morgan fingerprint density at radius 2 is 2.08 bits per heavy atom. The minimum atomic E-state index is 0.0408. The van der Waals surface area contributed by atoms with Gasteiger partial charge in [0.15, 0.2) is 0 Å². The lowest BCUT2D eigenvalue weighted by Crippen LogP contribution is -2.44. The monoisotopic (exact) mass is 331 g/mol. The standard InChI is InChI=1S/C18H29N5O/c1-21(13-14-11-20-23-10-8-19-12-17(14)23)16-7-9-22(18(16)24)15-5-3-2-4-6-15/h11,15-16,19H,2-10,12-13H2,1H3. The van der Waals surface area contributed by atoms with Crippen LogP contribution in [0.15, 0.2) is 6.20 Å². The van der Waals surface area contributed by atoms with E-state index in [2.05, 4.69) is 31.9 Å². The smallest absolute Gasteiger partial charge is 0.240 e. The van der Waals surface area contributed by atoms with Gasteiger partial charge in [-0.1, -0.05) is 19.3 Å². The second-order valence-corrected chi connectivity index (χ2v) is 7.56. The van der Waals surface area contributed by atoms with Crippen molar-refractivity contribution in [2.24, 2.45) is 0 Å². The Kier molecular flexibility index (Phi) is 4.59. The fourth-order valence-corrected chi connectivity index (χ4v) is 4.60. The van der Waals surface area contributed by atoms with Crippen LogP contribution in [0.5, 0.6) is 0 Å². The Balaban J connectivity index is 1.40. The third kappa shape index (κ3) is 2.97. The number of hydrogen-bond acceptors (Lipinski definition) is 4. The molecule has 1 aromatic rings. The molecule has 1 aliphatic carbocycles. The summed E-state index contributed by atoms with van der Waals surface area (Å²) in [5, 5.41) is 7.91. The van der Waals surface area contributed by atoms with Crippen molar-refractivity contribution in [3.8, 4) is 0 Å². The number of likely N-dealkylation sites (tertiary alicyclic amines) is 1. The molecule has 24 heavy (non-hydrogen) atoms. The Morgan fingerprint density at radius 1 is 1.25 bits per heavy atom. The highest BCUT2D eigenvalue weighted by Crippen LogP contribution is 2.28. The van der Waals surface area contributed by atoms with Crippen LogP contribution in [0.4, 0.5) is 0 Å². The van der Waals surface area contributed by atoms with Gasteiger partial charge < -0.3 is 10.2 Å². The molecule has 1 saturated carbocycles. The minimum Gasteiger partial charge on any atom is -0.338 e. The summed E-state index contributed by atoms with van der Waals surface area (Å²) in [6, 6.07) is 0.539. The molecular weight excluding hydrogens is 302 g/mol. The lowest BCUT2D eigenvalue weighted by atomic mass is 9.94. The van der Waals surface area contributed by atoms with Gasteiger partial charge in [0.25, 0.3) is 0 Å². The molecule has 6 heteroatoms. The van der Waals surface area contributed by atoms with Gasteiger partial charge in [-0.15, -0.1) is 0 Å². The van der Waals surface area contributed by atoms with Crippen molar-refractivity contribution in [1.82, 2.24) is 24.9 Å². The van der Waals surface area contributed by atoms with E-state index in [9.17, 15) is 4.79 Å². The van der Waals surface area contributed by atoms with E-state index in [-0.39, 0.29) is 6.04 Å². The van der Waals surface area contributed by atoms with Crippen molar-refractivity contribution >= 4 is 5.91 Å². The number of likely N-dealkylation sites (N-methyl/N-ethyl adjacent to an activating group) is 1. The van der Waals surface area contributed by atoms with Crippen molar-refractivity contribution in [1.29, 1.82) is 0 Å². The zero-order valence-electron chi connectivity index (χ0n) is 14.7. The van der Waals surface area contributed by atoms with E-state index in [1.54, 1.807) is 0 Å². The van der Waals surface area contributed by atoms with Crippen molar-refractivity contribution < 1.29 is 4.79 Å². The van der Waals surface area contributed by atoms with E-state index >= 15 is 0 Å². The molecular formula is C18H29N5O. The maximum absolute atomic E-state index is 12.9. The Bertz CT molecular complexity index is 592. The first-order chi connectivity index (χ1) is 11.7. The summed E-state index contributed by atoms with van der Waals surface area (Å²) in [6.45, 7) is 4.56. The number of amides is 1. The molecule has 6 nitrogen and oxygen atoms in total. The fourth-order valence-electron chi connectivity index (χ4n) is 4.60. The first kappa shape index (κ1) is 16.1. The molecule has 0 radical (unpaired) electrons. The van der Waals surface area contributed by atoms with Gasteiger partial charge in [-0.3, -0.25) is 14.4 Å². The molecule has 1 N–H and O–H groups in total. The highest BCUT2D eigenvalue weighted by Gasteiger charge is 2.38. The highest BCUT2D eigenvalue weighted by molar-refractivity contribution is 5.84. The van der Waals surface area contributed by atoms with Gasteiger partial charge in [0, 0.05) is 37.8 Å². The average molecular weight is 331 g/mol. The van der Waals surface area contributed by atoms with E-state index in [0.717, 1.165) is 39.1 Å². The number of carbonyl (C=O) groups excluding carboxylic acids is 1. The molecule has 4 rings (SSSR count). The summed E-state index contributed by atoms with van der Waals surface area (Å²) in [4.78, 5) is 17.3. The SMILES string of the molecule is CN(Cc1cnn2c1CNCC2)C1CCN(C2CCCCC2)C1=O. The van der Waals surface area contributed by atoms with E-state index in [1.165, 1.54) is 43.4 Å². The Morgan fingerprint density at radius 3 is 2.92 bits per heavy atom.